The summed E-state index contributed by atoms with van der Waals surface area (Å²) < 4.78 is 14.9. The smallest absolute Gasteiger partial charge is 0.408 e. The first-order valence-corrected chi connectivity index (χ1v) is 9.83. The number of rotatable bonds is 9. The van der Waals surface area contributed by atoms with E-state index in [0.717, 1.165) is 5.56 Å². The van der Waals surface area contributed by atoms with E-state index in [2.05, 4.69) is 16.6 Å². The van der Waals surface area contributed by atoms with Crippen LogP contribution in [0, 0.1) is 0 Å². The Labute approximate surface area is 169 Å². The monoisotopic (exact) mass is 409 g/mol. The molecular formula is C20H27NO6S. The standard InChI is InChI=1S/C20H27NO6S/c1-6-11-26-18(23)16(21-19(24)27-20(2,3)4)13-28-12-14-7-9-15(10-8-14)17(22)25-5/h6-10,16H,1,11-13H2,2-5H3,(H,21,24)/t16-/m1/s1. The van der Waals surface area contributed by atoms with Crippen LogP contribution in [0.15, 0.2) is 36.9 Å². The minimum absolute atomic E-state index is 0.0605. The van der Waals surface area contributed by atoms with E-state index in [1.807, 2.05) is 12.1 Å². The highest BCUT2D eigenvalue weighted by molar-refractivity contribution is 7.98. The van der Waals surface area contributed by atoms with Crippen LogP contribution in [-0.4, -0.2) is 49.1 Å². The summed E-state index contributed by atoms with van der Waals surface area (Å²) in [5.41, 5.74) is 0.760. The number of hydrogen-bond acceptors (Lipinski definition) is 7. The highest BCUT2D eigenvalue weighted by Crippen LogP contribution is 2.16. The van der Waals surface area contributed by atoms with Crippen LogP contribution in [0.4, 0.5) is 4.79 Å². The van der Waals surface area contributed by atoms with Crippen molar-refractivity contribution in [3.05, 3.63) is 48.0 Å². The average Bonchev–Trinajstić information content (AvgIpc) is 2.63. The minimum atomic E-state index is -0.853. The van der Waals surface area contributed by atoms with Gasteiger partial charge < -0.3 is 19.5 Å². The molecule has 1 amide bonds. The number of esters is 2. The van der Waals surface area contributed by atoms with Gasteiger partial charge in [-0.2, -0.15) is 11.8 Å². The van der Waals surface area contributed by atoms with E-state index in [0.29, 0.717) is 17.1 Å². The van der Waals surface area contributed by atoms with E-state index in [1.54, 1.807) is 32.9 Å². The van der Waals surface area contributed by atoms with E-state index in [1.165, 1.54) is 24.9 Å². The van der Waals surface area contributed by atoms with Crippen molar-refractivity contribution in [2.75, 3.05) is 19.5 Å². The molecule has 1 N–H and O–H groups in total. The SMILES string of the molecule is C=CCOC(=O)[C@@H](CSCc1ccc(C(=O)OC)cc1)NC(=O)OC(C)(C)C. The van der Waals surface area contributed by atoms with Crippen molar-refractivity contribution in [2.45, 2.75) is 38.2 Å². The molecule has 0 unspecified atom stereocenters. The maximum absolute atomic E-state index is 12.2. The van der Waals surface area contributed by atoms with Gasteiger partial charge in [0.15, 0.2) is 0 Å². The quantitative estimate of drug-likeness (QED) is 0.380. The van der Waals surface area contributed by atoms with E-state index in [4.69, 9.17) is 9.47 Å². The molecule has 154 valence electrons. The number of ether oxygens (including phenoxy) is 3. The van der Waals surface area contributed by atoms with Crippen molar-refractivity contribution < 1.29 is 28.6 Å². The predicted molar refractivity (Wildman–Crippen MR) is 108 cm³/mol. The number of amides is 1. The van der Waals surface area contributed by atoms with Crippen LogP contribution >= 0.6 is 11.8 Å². The van der Waals surface area contributed by atoms with Crippen molar-refractivity contribution in [1.29, 1.82) is 0 Å². The largest absolute Gasteiger partial charge is 0.465 e. The van der Waals surface area contributed by atoms with Gasteiger partial charge in [0.05, 0.1) is 12.7 Å². The number of thioether (sulfide) groups is 1. The number of benzene rings is 1. The average molecular weight is 410 g/mol. The molecule has 0 aliphatic rings. The van der Waals surface area contributed by atoms with Gasteiger partial charge >= 0.3 is 18.0 Å². The molecule has 1 aromatic rings. The zero-order valence-electron chi connectivity index (χ0n) is 16.7. The maximum Gasteiger partial charge on any atom is 0.408 e. The van der Waals surface area contributed by atoms with Crippen molar-refractivity contribution in [3.8, 4) is 0 Å². The number of carbonyl (C=O) groups is 3. The van der Waals surface area contributed by atoms with Crippen molar-refractivity contribution in [2.24, 2.45) is 0 Å². The molecule has 8 heteroatoms. The van der Waals surface area contributed by atoms with E-state index in [9.17, 15) is 14.4 Å². The highest BCUT2D eigenvalue weighted by Gasteiger charge is 2.25. The van der Waals surface area contributed by atoms with Crippen molar-refractivity contribution in [3.63, 3.8) is 0 Å². The molecule has 0 saturated heterocycles. The topological polar surface area (TPSA) is 90.9 Å². The Morgan fingerprint density at radius 1 is 1.21 bits per heavy atom. The van der Waals surface area contributed by atoms with Gasteiger partial charge in [-0.1, -0.05) is 24.8 Å². The second-order valence-corrected chi connectivity index (χ2v) is 7.85. The first-order chi connectivity index (χ1) is 13.2. The zero-order valence-corrected chi connectivity index (χ0v) is 17.5. The van der Waals surface area contributed by atoms with Gasteiger partial charge in [-0.15, -0.1) is 0 Å². The Hall–Kier alpha value is -2.48. The van der Waals surface area contributed by atoms with E-state index in [-0.39, 0.29) is 6.61 Å². The molecule has 1 aromatic carbocycles. The Morgan fingerprint density at radius 2 is 1.86 bits per heavy atom. The fourth-order valence-electron chi connectivity index (χ4n) is 2.01. The fraction of sp³-hybridized carbons (Fsp3) is 0.450. The molecule has 7 nitrogen and oxygen atoms in total. The molecule has 0 radical (unpaired) electrons. The van der Waals surface area contributed by atoms with E-state index < -0.39 is 29.7 Å². The normalized spacial score (nSPS) is 11.9. The fourth-order valence-corrected chi connectivity index (χ4v) is 3.01. The lowest BCUT2D eigenvalue weighted by Gasteiger charge is -2.22. The molecule has 0 aliphatic heterocycles. The van der Waals surface area contributed by atoms with Crippen LogP contribution in [0.5, 0.6) is 0 Å². The van der Waals surface area contributed by atoms with Gasteiger partial charge in [0.2, 0.25) is 0 Å². The third-order valence-corrected chi connectivity index (χ3v) is 4.35. The summed E-state index contributed by atoms with van der Waals surface area (Å²) in [6.45, 7) is 8.78. The second kappa shape index (κ2) is 11.4. The summed E-state index contributed by atoms with van der Waals surface area (Å²) >= 11 is 1.44. The molecule has 0 aliphatic carbocycles. The minimum Gasteiger partial charge on any atom is -0.465 e. The number of nitrogens with one attached hydrogen (secondary N) is 1. The van der Waals surface area contributed by atoms with Crippen LogP contribution in [0.25, 0.3) is 0 Å². The zero-order chi connectivity index (χ0) is 21.2. The third-order valence-electron chi connectivity index (χ3n) is 3.25. The molecule has 1 rings (SSSR count). The van der Waals surface area contributed by atoms with Crippen LogP contribution in [0.2, 0.25) is 0 Å². The third kappa shape index (κ3) is 8.94. The van der Waals surface area contributed by atoms with Crippen LogP contribution < -0.4 is 5.32 Å². The van der Waals surface area contributed by atoms with Crippen LogP contribution in [0.1, 0.15) is 36.7 Å². The lowest BCUT2D eigenvalue weighted by molar-refractivity contribution is -0.144. The highest BCUT2D eigenvalue weighted by atomic mass is 32.2. The first kappa shape index (κ1) is 23.6. The van der Waals surface area contributed by atoms with Gasteiger partial charge in [0, 0.05) is 11.5 Å². The van der Waals surface area contributed by atoms with Gasteiger partial charge in [-0.3, -0.25) is 0 Å². The molecule has 0 fully saturated rings. The maximum atomic E-state index is 12.2. The Balaban J connectivity index is 2.64. The number of alkyl carbamates (subject to hydrolysis) is 1. The summed E-state index contributed by atoms with van der Waals surface area (Å²) in [4.78, 5) is 35.6. The van der Waals surface area contributed by atoms with Gasteiger partial charge in [-0.25, -0.2) is 14.4 Å². The molecule has 1 atom stereocenters. The van der Waals surface area contributed by atoms with Crippen molar-refractivity contribution >= 4 is 29.8 Å². The Morgan fingerprint density at radius 3 is 2.39 bits per heavy atom. The molecular weight excluding hydrogens is 382 g/mol. The first-order valence-electron chi connectivity index (χ1n) is 8.68. The van der Waals surface area contributed by atoms with Gasteiger partial charge in [0.1, 0.15) is 18.2 Å². The summed E-state index contributed by atoms with van der Waals surface area (Å²) in [5, 5.41) is 2.55. The van der Waals surface area contributed by atoms with Crippen molar-refractivity contribution in [1.82, 2.24) is 5.32 Å². The van der Waals surface area contributed by atoms with Gasteiger partial charge in [0.25, 0.3) is 0 Å². The molecule has 0 bridgehead atoms. The van der Waals surface area contributed by atoms with Crippen LogP contribution in [-0.2, 0) is 24.8 Å². The Kier molecular flexibility index (Phi) is 9.58. The molecule has 0 spiro atoms. The lowest BCUT2D eigenvalue weighted by Crippen LogP contribution is -2.45. The number of carbonyl (C=O) groups excluding carboxylic acids is 3. The summed E-state index contributed by atoms with van der Waals surface area (Å²) in [6.07, 6.45) is 0.773. The molecule has 0 saturated carbocycles. The van der Waals surface area contributed by atoms with Crippen LogP contribution in [0.3, 0.4) is 0 Å². The molecule has 0 aromatic heterocycles. The second-order valence-electron chi connectivity index (χ2n) is 6.82. The number of hydrogen-bond donors (Lipinski definition) is 1. The Bertz CT molecular complexity index is 681. The summed E-state index contributed by atoms with van der Waals surface area (Å²) in [7, 11) is 1.33. The lowest BCUT2D eigenvalue weighted by atomic mass is 10.1. The number of methoxy groups -OCH3 is 1. The summed E-state index contributed by atoms with van der Waals surface area (Å²) in [5.74, 6) is -0.0680. The van der Waals surface area contributed by atoms with E-state index >= 15 is 0 Å². The molecule has 0 heterocycles. The van der Waals surface area contributed by atoms with Gasteiger partial charge in [-0.05, 0) is 38.5 Å². The predicted octanol–water partition coefficient (Wildman–Crippen LogP) is 3.33. The molecule has 28 heavy (non-hydrogen) atoms. The summed E-state index contributed by atoms with van der Waals surface area (Å²) in [6, 6.07) is 6.12.